The van der Waals surface area contributed by atoms with E-state index in [2.05, 4.69) is 59.8 Å². The van der Waals surface area contributed by atoms with Crippen molar-refractivity contribution in [3.8, 4) is 0 Å². The number of allylic oxidation sites excluding steroid dienone is 6. The maximum absolute atomic E-state index is 12.1. The van der Waals surface area contributed by atoms with Gasteiger partial charge >= 0.3 is 0 Å². The van der Waals surface area contributed by atoms with Gasteiger partial charge in [0.25, 0.3) is 0 Å². The molecule has 4 aliphatic carbocycles. The highest BCUT2D eigenvalue weighted by Gasteiger charge is 2.54. The van der Waals surface area contributed by atoms with Gasteiger partial charge in [-0.25, -0.2) is 0 Å². The highest BCUT2D eigenvalue weighted by atomic mass is 16.1. The van der Waals surface area contributed by atoms with Crippen molar-refractivity contribution in [3.63, 3.8) is 0 Å². The van der Waals surface area contributed by atoms with Gasteiger partial charge in [0.1, 0.15) is 5.78 Å². The van der Waals surface area contributed by atoms with Crippen LogP contribution in [0.5, 0.6) is 0 Å². The summed E-state index contributed by atoms with van der Waals surface area (Å²) in [6.45, 7) is 14.5. The third kappa shape index (κ3) is 3.41. The molecule has 0 radical (unpaired) electrons. The molecule has 1 heteroatoms. The molecule has 1 unspecified atom stereocenters. The molecule has 2 saturated carbocycles. The second kappa shape index (κ2) is 7.54. The zero-order valence-corrected chi connectivity index (χ0v) is 19.7. The first-order chi connectivity index (χ1) is 13.7. The molecule has 0 aromatic heterocycles. The summed E-state index contributed by atoms with van der Waals surface area (Å²) in [6.07, 6.45) is 16.5. The van der Waals surface area contributed by atoms with Gasteiger partial charge < -0.3 is 0 Å². The summed E-state index contributed by atoms with van der Waals surface area (Å²) in [5, 5.41) is 0. The van der Waals surface area contributed by atoms with Crippen LogP contribution >= 0.6 is 0 Å². The summed E-state index contributed by atoms with van der Waals surface area (Å²) in [7, 11) is 0. The first-order valence-electron chi connectivity index (χ1n) is 12.3. The van der Waals surface area contributed by atoms with Gasteiger partial charge in [-0.05, 0) is 73.5 Å². The molecule has 0 spiro atoms. The molecule has 0 amide bonds. The fourth-order valence-corrected chi connectivity index (χ4v) is 7.35. The van der Waals surface area contributed by atoms with Crippen LogP contribution in [0.4, 0.5) is 0 Å². The van der Waals surface area contributed by atoms with E-state index in [1.807, 2.05) is 0 Å². The van der Waals surface area contributed by atoms with Crippen LogP contribution < -0.4 is 0 Å². The van der Waals surface area contributed by atoms with Crippen LogP contribution in [0.25, 0.3) is 0 Å². The molecule has 0 N–H and O–H groups in total. The predicted octanol–water partition coefficient (Wildman–Crippen LogP) is 7.68. The van der Waals surface area contributed by atoms with Crippen molar-refractivity contribution in [2.24, 2.45) is 40.4 Å². The Kier molecular flexibility index (Phi) is 5.50. The highest BCUT2D eigenvalue weighted by molar-refractivity contribution is 5.83. The predicted molar refractivity (Wildman–Crippen MR) is 123 cm³/mol. The molecule has 2 fully saturated rings. The minimum absolute atomic E-state index is 0.194. The third-order valence-corrected chi connectivity index (χ3v) is 9.77. The average molecular weight is 395 g/mol. The molecule has 4 aliphatic rings. The fraction of sp³-hybridized carbons (Fsp3) is 0.750. The number of hydrogen-bond donors (Lipinski definition) is 0. The molecular formula is C28H42O. The standard InChI is InChI=1S/C28H42O/c1-18(2)19(3)7-8-20(4)24-11-12-25-23-10-9-21-17-22(29)13-15-27(21,5)26(23)14-16-28(24,25)6/h7-9,18-20,24-25H,10-17H2,1-6H3/b8-7+/t19-,20+,24+,25?,27-,28+/m0/s1. The minimum atomic E-state index is 0.194. The minimum Gasteiger partial charge on any atom is -0.299 e. The Morgan fingerprint density at radius 1 is 1.03 bits per heavy atom. The summed E-state index contributed by atoms with van der Waals surface area (Å²) in [5.74, 6) is 4.09. The Morgan fingerprint density at radius 3 is 2.52 bits per heavy atom. The van der Waals surface area contributed by atoms with E-state index in [4.69, 9.17) is 0 Å². The van der Waals surface area contributed by atoms with E-state index in [0.717, 1.165) is 37.0 Å². The molecule has 29 heavy (non-hydrogen) atoms. The van der Waals surface area contributed by atoms with E-state index in [-0.39, 0.29) is 5.41 Å². The van der Waals surface area contributed by atoms with Crippen molar-refractivity contribution in [1.29, 1.82) is 0 Å². The van der Waals surface area contributed by atoms with Crippen molar-refractivity contribution in [2.45, 2.75) is 92.9 Å². The van der Waals surface area contributed by atoms with Gasteiger partial charge in [0.2, 0.25) is 0 Å². The second-order valence-corrected chi connectivity index (χ2v) is 11.6. The van der Waals surface area contributed by atoms with E-state index < -0.39 is 0 Å². The topological polar surface area (TPSA) is 17.1 Å². The molecule has 160 valence electrons. The molecular weight excluding hydrogens is 352 g/mol. The van der Waals surface area contributed by atoms with E-state index in [0.29, 0.717) is 29.5 Å². The number of rotatable bonds is 4. The number of Topliss-reactive ketones (excluding diaryl/α,β-unsaturated/α-hetero) is 1. The van der Waals surface area contributed by atoms with E-state index in [1.54, 1.807) is 11.1 Å². The van der Waals surface area contributed by atoms with E-state index >= 15 is 0 Å². The van der Waals surface area contributed by atoms with Crippen molar-refractivity contribution in [3.05, 3.63) is 34.9 Å². The first kappa shape index (κ1) is 21.1. The highest BCUT2D eigenvalue weighted by Crippen LogP contribution is 2.64. The molecule has 4 rings (SSSR count). The van der Waals surface area contributed by atoms with E-state index in [1.165, 1.54) is 31.3 Å². The van der Waals surface area contributed by atoms with Crippen molar-refractivity contribution in [1.82, 2.24) is 0 Å². The average Bonchev–Trinajstić information content (AvgIpc) is 3.03. The normalized spacial score (nSPS) is 39.3. The van der Waals surface area contributed by atoms with Crippen molar-refractivity contribution in [2.75, 3.05) is 0 Å². The maximum atomic E-state index is 12.1. The summed E-state index contributed by atoms with van der Waals surface area (Å²) in [6, 6.07) is 0. The Bertz CT molecular complexity index is 765. The zero-order chi connectivity index (χ0) is 21.0. The van der Waals surface area contributed by atoms with Gasteiger partial charge in [0.05, 0.1) is 0 Å². The molecule has 0 aromatic rings. The Hall–Kier alpha value is -1.11. The van der Waals surface area contributed by atoms with Crippen LogP contribution in [0.3, 0.4) is 0 Å². The lowest BCUT2D eigenvalue weighted by molar-refractivity contribution is -0.120. The van der Waals surface area contributed by atoms with Crippen LogP contribution in [0.1, 0.15) is 92.9 Å². The maximum Gasteiger partial charge on any atom is 0.137 e. The first-order valence-corrected chi connectivity index (χ1v) is 12.3. The van der Waals surface area contributed by atoms with Crippen LogP contribution in [0, 0.1) is 40.4 Å². The summed E-state index contributed by atoms with van der Waals surface area (Å²) in [5.41, 5.74) is 5.63. The van der Waals surface area contributed by atoms with Crippen LogP contribution in [-0.4, -0.2) is 5.78 Å². The molecule has 0 saturated heterocycles. The smallest absolute Gasteiger partial charge is 0.137 e. The Morgan fingerprint density at radius 2 is 1.79 bits per heavy atom. The summed E-state index contributed by atoms with van der Waals surface area (Å²) in [4.78, 5) is 12.1. The fourth-order valence-electron chi connectivity index (χ4n) is 7.35. The summed E-state index contributed by atoms with van der Waals surface area (Å²) >= 11 is 0. The van der Waals surface area contributed by atoms with Gasteiger partial charge in [-0.3, -0.25) is 4.79 Å². The number of carbonyl (C=O) groups excluding carboxylic acids is 1. The molecule has 6 atom stereocenters. The molecule has 1 nitrogen and oxygen atoms in total. The molecule has 0 aromatic carbocycles. The summed E-state index contributed by atoms with van der Waals surface area (Å²) < 4.78 is 0. The largest absolute Gasteiger partial charge is 0.299 e. The van der Waals surface area contributed by atoms with Gasteiger partial charge in [-0.1, -0.05) is 76.5 Å². The van der Waals surface area contributed by atoms with Crippen LogP contribution in [0.15, 0.2) is 34.9 Å². The lowest BCUT2D eigenvalue weighted by Crippen LogP contribution is -2.41. The van der Waals surface area contributed by atoms with E-state index in [9.17, 15) is 4.79 Å². The van der Waals surface area contributed by atoms with Crippen molar-refractivity contribution >= 4 is 5.78 Å². The van der Waals surface area contributed by atoms with Gasteiger partial charge in [0.15, 0.2) is 0 Å². The lowest BCUT2D eigenvalue weighted by atomic mass is 9.53. The van der Waals surface area contributed by atoms with Crippen LogP contribution in [-0.2, 0) is 4.79 Å². The monoisotopic (exact) mass is 394 g/mol. The molecule has 0 aliphatic heterocycles. The number of fused-ring (bicyclic) bond motifs is 4. The van der Waals surface area contributed by atoms with Gasteiger partial charge in [0, 0.05) is 18.3 Å². The van der Waals surface area contributed by atoms with Gasteiger partial charge in [-0.2, -0.15) is 0 Å². The number of carbonyl (C=O) groups is 1. The van der Waals surface area contributed by atoms with Crippen LogP contribution in [0.2, 0.25) is 0 Å². The quantitative estimate of drug-likeness (QED) is 0.447. The SMILES string of the molecule is CC(C)[C@@H](C)/C=C/[C@@H](C)[C@H]1CCC2C3=C(CC[C@@]21C)[C@@]1(C)CCC(=O)CC1=CC3. The number of ketones is 1. The molecule has 0 heterocycles. The lowest BCUT2D eigenvalue weighted by Gasteiger charge is -2.51. The third-order valence-electron chi connectivity index (χ3n) is 9.77. The van der Waals surface area contributed by atoms with Crippen molar-refractivity contribution < 1.29 is 4.79 Å². The van der Waals surface area contributed by atoms with Gasteiger partial charge in [-0.15, -0.1) is 0 Å². The Labute approximate surface area is 179 Å². The zero-order valence-electron chi connectivity index (χ0n) is 19.7. The molecule has 0 bridgehead atoms. The Balaban J connectivity index is 1.58. The second-order valence-electron chi connectivity index (χ2n) is 11.6. The number of hydrogen-bond acceptors (Lipinski definition) is 1.